The quantitative estimate of drug-likeness (QED) is 0.294. The number of unbranched alkanes of at least 4 members (excludes halogenated alkanes) is 9. The number of carbonyl (C=O) groups is 1. The van der Waals surface area contributed by atoms with Crippen molar-refractivity contribution in [3.63, 3.8) is 0 Å². The molecule has 0 saturated heterocycles. The number of hydrogen-bond donors (Lipinski definition) is 1. The number of amides is 1. The first-order valence-corrected chi connectivity index (χ1v) is 10.3. The molecule has 1 amide bonds. The summed E-state index contributed by atoms with van der Waals surface area (Å²) in [6, 6.07) is 0. The Morgan fingerprint density at radius 2 is 1.52 bits per heavy atom. The van der Waals surface area contributed by atoms with Gasteiger partial charge in [-0.15, -0.1) is 0 Å². The monoisotopic (exact) mass is 347 g/mol. The molecule has 0 aromatic rings. The van der Waals surface area contributed by atoms with Crippen molar-refractivity contribution in [2.45, 2.75) is 71.1 Å². The molecule has 6 heteroatoms. The molecule has 0 bridgehead atoms. The van der Waals surface area contributed by atoms with E-state index >= 15 is 0 Å². The molecule has 0 aliphatic carbocycles. The average Bonchev–Trinajstić information content (AvgIpc) is 2.49. The standard InChI is InChI=1S/C17H33NO4S/c1-3-4-5-6-7-8-9-10-11-12-13-14-17(19)18(2)15-16-23(20,21)22/h13-14H,3-12,15-16H2,1-2H3,(H,20,21,22). The Kier molecular flexibility index (Phi) is 13.0. The van der Waals surface area contributed by atoms with Crippen LogP contribution in [0.25, 0.3) is 0 Å². The minimum Gasteiger partial charge on any atom is -0.341 e. The number of hydrogen-bond acceptors (Lipinski definition) is 3. The fourth-order valence-electron chi connectivity index (χ4n) is 2.25. The first-order chi connectivity index (χ1) is 10.9. The molecule has 0 rings (SSSR count). The highest BCUT2D eigenvalue weighted by atomic mass is 32.2. The second-order valence-corrected chi connectivity index (χ2v) is 7.64. The molecule has 136 valence electrons. The number of carbonyl (C=O) groups excluding carboxylic acids is 1. The van der Waals surface area contributed by atoms with Crippen LogP contribution in [-0.4, -0.2) is 43.1 Å². The molecule has 0 aromatic heterocycles. The van der Waals surface area contributed by atoms with Gasteiger partial charge in [0.05, 0.1) is 5.75 Å². The van der Waals surface area contributed by atoms with Crippen LogP contribution in [0.5, 0.6) is 0 Å². The van der Waals surface area contributed by atoms with Gasteiger partial charge in [-0.1, -0.05) is 64.4 Å². The van der Waals surface area contributed by atoms with E-state index < -0.39 is 15.9 Å². The van der Waals surface area contributed by atoms with Gasteiger partial charge in [0.2, 0.25) is 5.91 Å². The lowest BCUT2D eigenvalue weighted by Crippen LogP contribution is -2.30. The first-order valence-electron chi connectivity index (χ1n) is 8.73. The van der Waals surface area contributed by atoms with Crippen molar-refractivity contribution in [2.75, 3.05) is 19.3 Å². The average molecular weight is 348 g/mol. The summed E-state index contributed by atoms with van der Waals surface area (Å²) in [5.41, 5.74) is 0. The zero-order valence-corrected chi connectivity index (χ0v) is 15.5. The second-order valence-electron chi connectivity index (χ2n) is 6.07. The van der Waals surface area contributed by atoms with Crippen molar-refractivity contribution >= 4 is 16.0 Å². The maximum Gasteiger partial charge on any atom is 0.266 e. The maximum atomic E-state index is 11.7. The molecule has 0 fully saturated rings. The highest BCUT2D eigenvalue weighted by molar-refractivity contribution is 7.85. The van der Waals surface area contributed by atoms with E-state index in [0.29, 0.717) is 0 Å². The van der Waals surface area contributed by atoms with Crippen LogP contribution in [-0.2, 0) is 14.9 Å². The Bertz CT molecular complexity index is 432. The van der Waals surface area contributed by atoms with Crippen molar-refractivity contribution in [2.24, 2.45) is 0 Å². The summed E-state index contributed by atoms with van der Waals surface area (Å²) >= 11 is 0. The van der Waals surface area contributed by atoms with E-state index in [4.69, 9.17) is 4.55 Å². The van der Waals surface area contributed by atoms with E-state index in [1.54, 1.807) is 0 Å². The molecular formula is C17H33NO4S. The summed E-state index contributed by atoms with van der Waals surface area (Å²) in [4.78, 5) is 13.0. The van der Waals surface area contributed by atoms with Gasteiger partial charge in [-0.05, 0) is 18.9 Å². The fourth-order valence-corrected chi connectivity index (χ4v) is 2.75. The SMILES string of the molecule is CCCCCCCCCCCC=CC(=O)N(C)CCS(=O)(=O)O. The van der Waals surface area contributed by atoms with E-state index in [1.165, 1.54) is 69.4 Å². The molecule has 0 aliphatic heterocycles. The largest absolute Gasteiger partial charge is 0.341 e. The second kappa shape index (κ2) is 13.5. The molecule has 5 nitrogen and oxygen atoms in total. The third-order valence-corrected chi connectivity index (χ3v) is 4.49. The maximum absolute atomic E-state index is 11.7. The normalized spacial score (nSPS) is 12.0. The predicted molar refractivity (Wildman–Crippen MR) is 95.0 cm³/mol. The molecule has 0 atom stereocenters. The van der Waals surface area contributed by atoms with E-state index in [1.807, 2.05) is 6.08 Å². The lowest BCUT2D eigenvalue weighted by Gasteiger charge is -2.13. The Balaban J connectivity index is 3.56. The van der Waals surface area contributed by atoms with Crippen molar-refractivity contribution < 1.29 is 17.8 Å². The molecular weight excluding hydrogens is 314 g/mol. The molecule has 23 heavy (non-hydrogen) atoms. The summed E-state index contributed by atoms with van der Waals surface area (Å²) in [5, 5.41) is 0. The van der Waals surface area contributed by atoms with Crippen molar-refractivity contribution in [1.82, 2.24) is 4.90 Å². The van der Waals surface area contributed by atoms with Crippen molar-refractivity contribution in [3.8, 4) is 0 Å². The topological polar surface area (TPSA) is 74.7 Å². The fraction of sp³-hybridized carbons (Fsp3) is 0.824. The molecule has 0 heterocycles. The van der Waals surface area contributed by atoms with Crippen LogP contribution in [0.3, 0.4) is 0 Å². The van der Waals surface area contributed by atoms with E-state index in [2.05, 4.69) is 6.92 Å². The molecule has 0 saturated carbocycles. The van der Waals surface area contributed by atoms with Crippen LogP contribution in [0.15, 0.2) is 12.2 Å². The van der Waals surface area contributed by atoms with E-state index in [-0.39, 0.29) is 12.5 Å². The Morgan fingerprint density at radius 3 is 2.04 bits per heavy atom. The minimum atomic E-state index is -4.02. The Morgan fingerprint density at radius 1 is 1.00 bits per heavy atom. The molecule has 0 unspecified atom stereocenters. The molecule has 0 radical (unpaired) electrons. The minimum absolute atomic E-state index is 0.0000376. The van der Waals surface area contributed by atoms with Crippen LogP contribution in [0.1, 0.15) is 71.1 Å². The van der Waals surface area contributed by atoms with Gasteiger partial charge in [0, 0.05) is 13.6 Å². The highest BCUT2D eigenvalue weighted by Gasteiger charge is 2.09. The summed E-state index contributed by atoms with van der Waals surface area (Å²) < 4.78 is 29.9. The number of rotatable bonds is 14. The van der Waals surface area contributed by atoms with Crippen LogP contribution < -0.4 is 0 Å². The van der Waals surface area contributed by atoms with Crippen LogP contribution in [0, 0.1) is 0 Å². The van der Waals surface area contributed by atoms with Gasteiger partial charge in [-0.3, -0.25) is 9.35 Å². The van der Waals surface area contributed by atoms with Gasteiger partial charge >= 0.3 is 0 Å². The molecule has 0 aliphatic rings. The predicted octanol–water partition coefficient (Wildman–Crippen LogP) is 3.81. The Labute approximate surface area is 141 Å². The van der Waals surface area contributed by atoms with Crippen LogP contribution in [0.2, 0.25) is 0 Å². The lowest BCUT2D eigenvalue weighted by atomic mass is 10.1. The van der Waals surface area contributed by atoms with Gasteiger partial charge in [0.25, 0.3) is 10.1 Å². The zero-order valence-electron chi connectivity index (χ0n) is 14.7. The number of likely N-dealkylation sites (N-methyl/N-ethyl adjacent to an activating group) is 1. The van der Waals surface area contributed by atoms with E-state index in [0.717, 1.165) is 12.8 Å². The molecule has 0 aromatic carbocycles. The van der Waals surface area contributed by atoms with E-state index in [9.17, 15) is 13.2 Å². The summed E-state index contributed by atoms with van der Waals surface area (Å²) in [5.74, 6) is -0.661. The van der Waals surface area contributed by atoms with Gasteiger partial charge in [-0.2, -0.15) is 8.42 Å². The Hall–Kier alpha value is -0.880. The van der Waals surface area contributed by atoms with Crippen molar-refractivity contribution in [1.29, 1.82) is 0 Å². The summed E-state index contributed by atoms with van der Waals surface area (Å²) in [7, 11) is -2.49. The summed E-state index contributed by atoms with van der Waals surface area (Å²) in [6.45, 7) is 2.23. The van der Waals surface area contributed by atoms with Crippen LogP contribution in [0.4, 0.5) is 0 Å². The third-order valence-electron chi connectivity index (χ3n) is 3.80. The molecule has 1 N–H and O–H groups in total. The van der Waals surface area contributed by atoms with Crippen molar-refractivity contribution in [3.05, 3.63) is 12.2 Å². The lowest BCUT2D eigenvalue weighted by molar-refractivity contribution is -0.124. The molecule has 0 spiro atoms. The van der Waals surface area contributed by atoms with Gasteiger partial charge in [-0.25, -0.2) is 0 Å². The van der Waals surface area contributed by atoms with Gasteiger partial charge < -0.3 is 4.90 Å². The third kappa shape index (κ3) is 15.8. The smallest absolute Gasteiger partial charge is 0.266 e. The van der Waals surface area contributed by atoms with Crippen LogP contribution >= 0.6 is 0 Å². The number of nitrogens with zero attached hydrogens (tertiary/aromatic N) is 1. The van der Waals surface area contributed by atoms with Gasteiger partial charge in [0.1, 0.15) is 0 Å². The number of allylic oxidation sites excluding steroid dienone is 1. The summed E-state index contributed by atoms with van der Waals surface area (Å²) in [6.07, 6.45) is 15.7. The van der Waals surface area contributed by atoms with Gasteiger partial charge in [0.15, 0.2) is 0 Å². The first kappa shape index (κ1) is 22.1. The zero-order chi connectivity index (χ0) is 17.6. The highest BCUT2D eigenvalue weighted by Crippen LogP contribution is 2.10.